The molecule has 0 fully saturated rings. The van der Waals surface area contributed by atoms with Crippen molar-refractivity contribution in [2.24, 2.45) is 5.73 Å². The van der Waals surface area contributed by atoms with Crippen LogP contribution in [0.25, 0.3) is 0 Å². The first-order valence-electron chi connectivity index (χ1n) is 5.75. The summed E-state index contributed by atoms with van der Waals surface area (Å²) in [6.45, 7) is 5.61. The van der Waals surface area contributed by atoms with E-state index in [1.807, 2.05) is 26.0 Å². The fourth-order valence-corrected chi connectivity index (χ4v) is 4.13. The van der Waals surface area contributed by atoms with Crippen molar-refractivity contribution in [3.8, 4) is 0 Å². The molecule has 1 aliphatic heterocycles. The number of nitrogens with two attached hydrogens (primary N) is 1. The smallest absolute Gasteiger partial charge is 0.182 e. The zero-order valence-electron chi connectivity index (χ0n) is 10.2. The van der Waals surface area contributed by atoms with Crippen molar-refractivity contribution in [3.05, 3.63) is 23.3 Å². The van der Waals surface area contributed by atoms with Crippen molar-refractivity contribution < 1.29 is 8.42 Å². The highest BCUT2D eigenvalue weighted by Crippen LogP contribution is 2.34. The van der Waals surface area contributed by atoms with E-state index in [9.17, 15) is 8.42 Å². The largest absolute Gasteiger partial charge is 0.368 e. The Morgan fingerprint density at radius 2 is 2.06 bits per heavy atom. The van der Waals surface area contributed by atoms with Crippen molar-refractivity contribution in [2.75, 3.05) is 30.3 Å². The Labute approximate surface area is 102 Å². The van der Waals surface area contributed by atoms with Crippen LogP contribution in [0.1, 0.15) is 11.1 Å². The maximum atomic E-state index is 12.1. The van der Waals surface area contributed by atoms with E-state index < -0.39 is 9.84 Å². The van der Waals surface area contributed by atoms with Crippen LogP contribution in [0, 0.1) is 13.8 Å². The van der Waals surface area contributed by atoms with E-state index in [1.165, 1.54) is 0 Å². The minimum absolute atomic E-state index is 0.184. The molecule has 5 heteroatoms. The molecule has 4 nitrogen and oxygen atoms in total. The Hall–Kier alpha value is -1.07. The van der Waals surface area contributed by atoms with Crippen molar-refractivity contribution >= 4 is 15.5 Å². The summed E-state index contributed by atoms with van der Waals surface area (Å²) in [7, 11) is -3.12. The summed E-state index contributed by atoms with van der Waals surface area (Å²) in [5.41, 5.74) is 8.31. The van der Waals surface area contributed by atoms with Gasteiger partial charge < -0.3 is 10.6 Å². The van der Waals surface area contributed by atoms with Crippen LogP contribution in [0.5, 0.6) is 0 Å². The molecule has 94 valence electrons. The van der Waals surface area contributed by atoms with Crippen LogP contribution in [0.4, 0.5) is 5.69 Å². The molecule has 0 saturated carbocycles. The predicted octanol–water partition coefficient (Wildman–Crippen LogP) is 0.856. The lowest BCUT2D eigenvalue weighted by atomic mass is 10.1. The number of sulfone groups is 1. The van der Waals surface area contributed by atoms with Gasteiger partial charge in [0.05, 0.1) is 16.3 Å². The van der Waals surface area contributed by atoms with Crippen LogP contribution in [0.15, 0.2) is 17.0 Å². The minimum Gasteiger partial charge on any atom is -0.368 e. The molecule has 0 saturated heterocycles. The van der Waals surface area contributed by atoms with E-state index in [0.29, 0.717) is 24.5 Å². The number of fused-ring (bicyclic) bond motifs is 1. The van der Waals surface area contributed by atoms with Gasteiger partial charge in [-0.25, -0.2) is 8.42 Å². The van der Waals surface area contributed by atoms with Gasteiger partial charge in [0, 0.05) is 19.6 Å². The lowest BCUT2D eigenvalue weighted by Crippen LogP contribution is -2.38. The molecule has 1 heterocycles. The number of hydrogen-bond acceptors (Lipinski definition) is 4. The summed E-state index contributed by atoms with van der Waals surface area (Å²) in [5, 5.41) is 0. The molecule has 2 N–H and O–H groups in total. The van der Waals surface area contributed by atoms with Gasteiger partial charge in [0.2, 0.25) is 0 Å². The first-order valence-corrected chi connectivity index (χ1v) is 7.40. The van der Waals surface area contributed by atoms with Gasteiger partial charge in [-0.2, -0.15) is 0 Å². The molecule has 0 spiro atoms. The van der Waals surface area contributed by atoms with Gasteiger partial charge >= 0.3 is 0 Å². The third-order valence-electron chi connectivity index (χ3n) is 3.08. The molecule has 0 radical (unpaired) electrons. The number of nitrogens with zero attached hydrogens (tertiary/aromatic N) is 1. The zero-order valence-corrected chi connectivity index (χ0v) is 11.0. The molecule has 0 aromatic heterocycles. The van der Waals surface area contributed by atoms with Gasteiger partial charge in [0.1, 0.15) is 0 Å². The highest BCUT2D eigenvalue weighted by Gasteiger charge is 2.29. The monoisotopic (exact) mass is 254 g/mol. The van der Waals surface area contributed by atoms with Gasteiger partial charge in [-0.15, -0.1) is 0 Å². The number of rotatable bonds is 2. The summed E-state index contributed by atoms with van der Waals surface area (Å²) in [6, 6.07) is 3.86. The quantitative estimate of drug-likeness (QED) is 0.850. The van der Waals surface area contributed by atoms with E-state index in [2.05, 4.69) is 4.90 Å². The van der Waals surface area contributed by atoms with Gasteiger partial charge in [0.25, 0.3) is 0 Å². The van der Waals surface area contributed by atoms with Crippen molar-refractivity contribution in [1.29, 1.82) is 0 Å². The van der Waals surface area contributed by atoms with Gasteiger partial charge in [0.15, 0.2) is 9.84 Å². The lowest BCUT2D eigenvalue weighted by molar-refractivity contribution is 0.588. The second-order valence-corrected chi connectivity index (χ2v) is 6.57. The topological polar surface area (TPSA) is 63.4 Å². The van der Waals surface area contributed by atoms with Crippen LogP contribution >= 0.6 is 0 Å². The molecule has 0 unspecified atom stereocenters. The normalized spacial score (nSPS) is 17.9. The Morgan fingerprint density at radius 3 is 2.71 bits per heavy atom. The van der Waals surface area contributed by atoms with Crippen LogP contribution in [0.3, 0.4) is 0 Å². The van der Waals surface area contributed by atoms with E-state index in [4.69, 9.17) is 5.73 Å². The highest BCUT2D eigenvalue weighted by atomic mass is 32.2. The SMILES string of the molecule is Cc1cc(C)c2c(c1)N(CCN)CCS2(=O)=O. The second kappa shape index (κ2) is 4.31. The van der Waals surface area contributed by atoms with E-state index in [-0.39, 0.29) is 5.75 Å². The average Bonchev–Trinajstić information content (AvgIpc) is 2.21. The van der Waals surface area contributed by atoms with Crippen LogP contribution in [-0.4, -0.2) is 33.8 Å². The Balaban J connectivity index is 2.64. The second-order valence-electron chi connectivity index (χ2n) is 4.52. The molecule has 0 aliphatic carbocycles. The van der Waals surface area contributed by atoms with Crippen molar-refractivity contribution in [2.45, 2.75) is 18.7 Å². The molecule has 0 bridgehead atoms. The fraction of sp³-hybridized carbons (Fsp3) is 0.500. The van der Waals surface area contributed by atoms with Crippen molar-refractivity contribution in [3.63, 3.8) is 0 Å². The molecule has 2 rings (SSSR count). The average molecular weight is 254 g/mol. The molecule has 1 aromatic carbocycles. The summed E-state index contributed by atoms with van der Waals surface area (Å²) in [4.78, 5) is 2.55. The predicted molar refractivity (Wildman–Crippen MR) is 69.2 cm³/mol. The number of aryl methyl sites for hydroxylation is 2. The van der Waals surface area contributed by atoms with E-state index >= 15 is 0 Å². The Bertz CT molecular complexity index is 538. The summed E-state index contributed by atoms with van der Waals surface area (Å²) in [5.74, 6) is 0.184. The van der Waals surface area contributed by atoms with E-state index in [0.717, 1.165) is 16.8 Å². The third kappa shape index (κ3) is 2.17. The summed E-state index contributed by atoms with van der Waals surface area (Å²) in [6.07, 6.45) is 0. The van der Waals surface area contributed by atoms with Gasteiger partial charge in [-0.3, -0.25) is 0 Å². The number of anilines is 1. The van der Waals surface area contributed by atoms with Gasteiger partial charge in [-0.1, -0.05) is 6.07 Å². The van der Waals surface area contributed by atoms with Crippen LogP contribution in [0.2, 0.25) is 0 Å². The molecular weight excluding hydrogens is 236 g/mol. The van der Waals surface area contributed by atoms with Gasteiger partial charge in [-0.05, 0) is 31.0 Å². The first kappa shape index (κ1) is 12.4. The lowest BCUT2D eigenvalue weighted by Gasteiger charge is -2.32. The number of benzene rings is 1. The van der Waals surface area contributed by atoms with Crippen molar-refractivity contribution in [1.82, 2.24) is 0 Å². The molecule has 17 heavy (non-hydrogen) atoms. The molecule has 1 aromatic rings. The summed E-state index contributed by atoms with van der Waals surface area (Å²) >= 11 is 0. The van der Waals surface area contributed by atoms with Crippen LogP contribution < -0.4 is 10.6 Å². The first-order chi connectivity index (χ1) is 7.95. The summed E-state index contributed by atoms with van der Waals surface area (Å²) < 4.78 is 24.2. The Kier molecular flexibility index (Phi) is 3.14. The third-order valence-corrected chi connectivity index (χ3v) is 4.95. The molecular formula is C12H18N2O2S. The molecule has 0 amide bonds. The standard InChI is InChI=1S/C12H18N2O2S/c1-9-7-10(2)12-11(8-9)14(4-3-13)5-6-17(12,15)16/h7-8H,3-6,13H2,1-2H3. The molecule has 0 atom stereocenters. The Morgan fingerprint density at radius 1 is 1.35 bits per heavy atom. The maximum Gasteiger partial charge on any atom is 0.182 e. The fourth-order valence-electron chi connectivity index (χ4n) is 2.41. The van der Waals surface area contributed by atoms with E-state index in [1.54, 1.807) is 0 Å². The highest BCUT2D eigenvalue weighted by molar-refractivity contribution is 7.91. The maximum absolute atomic E-state index is 12.1. The van der Waals surface area contributed by atoms with Crippen LogP contribution in [-0.2, 0) is 9.84 Å². The zero-order chi connectivity index (χ0) is 12.6. The molecule has 1 aliphatic rings. The minimum atomic E-state index is -3.12. The number of hydrogen-bond donors (Lipinski definition) is 1.